The zero-order valence-electron chi connectivity index (χ0n) is 12.8. The molecular weight excluding hydrogens is 264 g/mol. The average Bonchev–Trinajstić information content (AvgIpc) is 2.54. The van der Waals surface area contributed by atoms with E-state index in [2.05, 4.69) is 29.4 Å². The van der Waals surface area contributed by atoms with E-state index in [1.54, 1.807) is 14.2 Å². The quantitative estimate of drug-likeness (QED) is 0.850. The number of nitrogens with one attached hydrogen (secondary N) is 1. The zero-order chi connectivity index (χ0) is 15.1. The lowest BCUT2D eigenvalue weighted by molar-refractivity contribution is 0.354. The number of benzene rings is 1. The molecule has 0 aliphatic rings. The lowest BCUT2D eigenvalue weighted by Crippen LogP contribution is -2.14. The topological polar surface area (TPSA) is 43.4 Å². The van der Waals surface area contributed by atoms with Gasteiger partial charge in [0.1, 0.15) is 0 Å². The Labute approximate surface area is 126 Å². The molecule has 4 nitrogen and oxygen atoms in total. The zero-order valence-corrected chi connectivity index (χ0v) is 12.8. The van der Waals surface area contributed by atoms with Crippen LogP contribution >= 0.6 is 0 Å². The third-order valence-corrected chi connectivity index (χ3v) is 3.42. The molecule has 0 saturated heterocycles. The van der Waals surface area contributed by atoms with Gasteiger partial charge < -0.3 is 14.8 Å². The van der Waals surface area contributed by atoms with E-state index in [9.17, 15) is 0 Å². The van der Waals surface area contributed by atoms with Crippen molar-refractivity contribution in [3.05, 3.63) is 53.3 Å². The van der Waals surface area contributed by atoms with Gasteiger partial charge in [-0.25, -0.2) is 0 Å². The minimum absolute atomic E-state index is 0.766. The summed E-state index contributed by atoms with van der Waals surface area (Å²) < 4.78 is 10.8. The van der Waals surface area contributed by atoms with Crippen LogP contribution in [-0.4, -0.2) is 25.7 Å². The third-order valence-electron chi connectivity index (χ3n) is 3.42. The summed E-state index contributed by atoms with van der Waals surface area (Å²) in [6, 6.07) is 8.19. The van der Waals surface area contributed by atoms with Crippen molar-refractivity contribution in [2.45, 2.75) is 19.9 Å². The van der Waals surface area contributed by atoms with Crippen molar-refractivity contribution in [1.29, 1.82) is 0 Å². The highest BCUT2D eigenvalue weighted by atomic mass is 16.5. The van der Waals surface area contributed by atoms with E-state index in [0.29, 0.717) is 0 Å². The molecule has 0 fully saturated rings. The molecule has 0 bridgehead atoms. The van der Waals surface area contributed by atoms with Crippen LogP contribution in [0.4, 0.5) is 0 Å². The Morgan fingerprint density at radius 1 is 1.00 bits per heavy atom. The second kappa shape index (κ2) is 7.64. The number of ether oxygens (including phenoxy) is 2. The first-order valence-electron chi connectivity index (χ1n) is 7.11. The van der Waals surface area contributed by atoms with E-state index < -0.39 is 0 Å². The monoisotopic (exact) mass is 286 g/mol. The number of hydrogen-bond acceptors (Lipinski definition) is 4. The van der Waals surface area contributed by atoms with Gasteiger partial charge in [-0.2, -0.15) is 0 Å². The molecule has 4 heteroatoms. The molecule has 2 rings (SSSR count). The summed E-state index contributed by atoms with van der Waals surface area (Å²) in [4.78, 5) is 4.06. The Morgan fingerprint density at radius 2 is 1.62 bits per heavy atom. The number of pyridine rings is 1. The lowest BCUT2D eigenvalue weighted by atomic mass is 9.99. The Bertz CT molecular complexity index is 571. The van der Waals surface area contributed by atoms with Gasteiger partial charge in [0.05, 0.1) is 14.2 Å². The molecule has 1 aromatic carbocycles. The summed E-state index contributed by atoms with van der Waals surface area (Å²) in [6.45, 7) is 3.85. The van der Waals surface area contributed by atoms with Gasteiger partial charge in [0.15, 0.2) is 11.5 Å². The first-order valence-corrected chi connectivity index (χ1v) is 7.11. The van der Waals surface area contributed by atoms with Crippen molar-refractivity contribution in [1.82, 2.24) is 10.3 Å². The van der Waals surface area contributed by atoms with Gasteiger partial charge >= 0.3 is 0 Å². The van der Waals surface area contributed by atoms with Gasteiger partial charge in [-0.05, 0) is 53.9 Å². The van der Waals surface area contributed by atoms with Crippen molar-refractivity contribution in [3.8, 4) is 11.5 Å². The van der Waals surface area contributed by atoms with Gasteiger partial charge in [0.25, 0.3) is 0 Å². The summed E-state index contributed by atoms with van der Waals surface area (Å²) >= 11 is 0. The van der Waals surface area contributed by atoms with Crippen molar-refractivity contribution >= 4 is 0 Å². The molecule has 2 aromatic rings. The van der Waals surface area contributed by atoms with E-state index in [1.807, 2.05) is 24.5 Å². The van der Waals surface area contributed by atoms with Crippen LogP contribution in [-0.2, 0) is 13.0 Å². The minimum atomic E-state index is 0.766. The Morgan fingerprint density at radius 3 is 2.19 bits per heavy atom. The van der Waals surface area contributed by atoms with Crippen LogP contribution in [0.5, 0.6) is 11.5 Å². The molecule has 0 spiro atoms. The predicted octanol–water partition coefficient (Wildman–Crippen LogP) is 2.80. The number of rotatable bonds is 7. The number of aromatic nitrogens is 1. The van der Waals surface area contributed by atoms with Gasteiger partial charge in [-0.1, -0.05) is 6.92 Å². The molecule has 0 saturated carbocycles. The Balaban J connectivity index is 2.35. The molecule has 0 aliphatic heterocycles. The maximum absolute atomic E-state index is 5.42. The second-order valence-electron chi connectivity index (χ2n) is 4.79. The van der Waals surface area contributed by atoms with Crippen molar-refractivity contribution in [3.63, 3.8) is 0 Å². The SMILES string of the molecule is CCNCc1cc(OC)c(OC)cc1Cc1ccncc1. The largest absolute Gasteiger partial charge is 0.493 e. The van der Waals surface area contributed by atoms with Crippen LogP contribution in [0.2, 0.25) is 0 Å². The Kier molecular flexibility index (Phi) is 5.58. The summed E-state index contributed by atoms with van der Waals surface area (Å²) in [5.41, 5.74) is 3.70. The summed E-state index contributed by atoms with van der Waals surface area (Å²) in [7, 11) is 3.33. The van der Waals surface area contributed by atoms with Gasteiger partial charge in [-0.3, -0.25) is 4.98 Å². The van der Waals surface area contributed by atoms with Crippen LogP contribution in [0.1, 0.15) is 23.6 Å². The molecule has 21 heavy (non-hydrogen) atoms. The van der Waals surface area contributed by atoms with Crippen LogP contribution < -0.4 is 14.8 Å². The molecule has 0 amide bonds. The maximum atomic E-state index is 5.42. The lowest BCUT2D eigenvalue weighted by Gasteiger charge is -2.15. The molecule has 1 N–H and O–H groups in total. The number of hydrogen-bond donors (Lipinski definition) is 1. The van der Waals surface area contributed by atoms with E-state index in [4.69, 9.17) is 9.47 Å². The maximum Gasteiger partial charge on any atom is 0.161 e. The van der Waals surface area contributed by atoms with E-state index >= 15 is 0 Å². The average molecular weight is 286 g/mol. The van der Waals surface area contributed by atoms with Crippen molar-refractivity contribution < 1.29 is 9.47 Å². The third kappa shape index (κ3) is 3.95. The molecule has 0 radical (unpaired) electrons. The molecule has 1 aromatic heterocycles. The fourth-order valence-electron chi connectivity index (χ4n) is 2.27. The molecular formula is C17H22N2O2. The molecule has 0 aliphatic carbocycles. The molecule has 1 heterocycles. The minimum Gasteiger partial charge on any atom is -0.493 e. The summed E-state index contributed by atoms with van der Waals surface area (Å²) in [5, 5.41) is 3.37. The number of methoxy groups -OCH3 is 2. The van der Waals surface area contributed by atoms with Gasteiger partial charge in [-0.15, -0.1) is 0 Å². The van der Waals surface area contributed by atoms with Crippen LogP contribution in [0.3, 0.4) is 0 Å². The molecule has 0 atom stereocenters. The van der Waals surface area contributed by atoms with Crippen molar-refractivity contribution in [2.75, 3.05) is 20.8 Å². The smallest absolute Gasteiger partial charge is 0.161 e. The van der Waals surface area contributed by atoms with Crippen LogP contribution in [0, 0.1) is 0 Å². The highest BCUT2D eigenvalue weighted by Gasteiger charge is 2.11. The van der Waals surface area contributed by atoms with Crippen molar-refractivity contribution in [2.24, 2.45) is 0 Å². The van der Waals surface area contributed by atoms with Gasteiger partial charge in [0, 0.05) is 18.9 Å². The highest BCUT2D eigenvalue weighted by molar-refractivity contribution is 5.48. The fourth-order valence-corrected chi connectivity index (χ4v) is 2.27. The number of nitrogens with zero attached hydrogens (tertiary/aromatic N) is 1. The van der Waals surface area contributed by atoms with Gasteiger partial charge in [0.2, 0.25) is 0 Å². The first-order chi connectivity index (χ1) is 10.3. The van der Waals surface area contributed by atoms with Crippen LogP contribution in [0.15, 0.2) is 36.7 Å². The first kappa shape index (κ1) is 15.3. The molecule has 112 valence electrons. The Hall–Kier alpha value is -2.07. The fraction of sp³-hybridized carbons (Fsp3) is 0.353. The summed E-state index contributed by atoms with van der Waals surface area (Å²) in [5.74, 6) is 1.53. The van der Waals surface area contributed by atoms with E-state index in [-0.39, 0.29) is 0 Å². The van der Waals surface area contributed by atoms with E-state index in [1.165, 1.54) is 16.7 Å². The highest BCUT2D eigenvalue weighted by Crippen LogP contribution is 2.31. The normalized spacial score (nSPS) is 10.4. The van der Waals surface area contributed by atoms with E-state index in [0.717, 1.165) is 31.0 Å². The second-order valence-corrected chi connectivity index (χ2v) is 4.79. The summed E-state index contributed by atoms with van der Waals surface area (Å²) in [6.07, 6.45) is 4.49. The standard InChI is InChI=1S/C17H22N2O2/c1-4-18-12-15-11-17(21-3)16(20-2)10-14(15)9-13-5-7-19-8-6-13/h5-8,10-11,18H,4,9,12H2,1-3H3. The predicted molar refractivity (Wildman–Crippen MR) is 84.0 cm³/mol. The van der Waals surface area contributed by atoms with Crippen LogP contribution in [0.25, 0.3) is 0 Å². The molecule has 0 unspecified atom stereocenters.